The van der Waals surface area contributed by atoms with Crippen molar-refractivity contribution in [2.75, 3.05) is 32.5 Å². The molecule has 1 fully saturated rings. The third kappa shape index (κ3) is 3.93. The molecule has 0 spiro atoms. The normalized spacial score (nSPS) is 18.0. The summed E-state index contributed by atoms with van der Waals surface area (Å²) < 4.78 is 26.3. The van der Waals surface area contributed by atoms with Gasteiger partial charge in [-0.2, -0.15) is 0 Å². The standard InChI is InChI=1S/C15H19F2N3O2/c1-19(2)15(22)20-5-3-4-10(9-20)14(21)18-13-7-11(16)6-12(17)8-13/h6-8,10H,3-5,9H2,1-2H3,(H,18,21)/t10-/m1/s1. The zero-order chi connectivity index (χ0) is 16.3. The Bertz CT molecular complexity index is 558. The summed E-state index contributed by atoms with van der Waals surface area (Å²) in [4.78, 5) is 27.2. The topological polar surface area (TPSA) is 52.7 Å². The van der Waals surface area contributed by atoms with Gasteiger partial charge in [-0.25, -0.2) is 13.6 Å². The van der Waals surface area contributed by atoms with Crippen molar-refractivity contribution in [2.45, 2.75) is 12.8 Å². The fourth-order valence-electron chi connectivity index (χ4n) is 2.52. The van der Waals surface area contributed by atoms with Crippen LogP contribution in [0.3, 0.4) is 0 Å². The Morgan fingerprint density at radius 3 is 2.45 bits per heavy atom. The van der Waals surface area contributed by atoms with Crippen molar-refractivity contribution in [1.29, 1.82) is 0 Å². The maximum absolute atomic E-state index is 13.1. The molecule has 1 atom stereocenters. The van der Waals surface area contributed by atoms with Crippen LogP contribution in [0.25, 0.3) is 0 Å². The lowest BCUT2D eigenvalue weighted by Crippen LogP contribution is -2.47. The number of nitrogens with zero attached hydrogens (tertiary/aromatic N) is 2. The third-order valence-corrected chi connectivity index (χ3v) is 3.58. The van der Waals surface area contributed by atoms with Crippen LogP contribution in [0.5, 0.6) is 0 Å². The van der Waals surface area contributed by atoms with Gasteiger partial charge < -0.3 is 15.1 Å². The number of carbonyl (C=O) groups is 2. The van der Waals surface area contributed by atoms with E-state index in [1.165, 1.54) is 4.90 Å². The molecule has 1 aromatic rings. The second kappa shape index (κ2) is 6.72. The van der Waals surface area contributed by atoms with Crippen LogP contribution in [0.4, 0.5) is 19.3 Å². The minimum atomic E-state index is -0.747. The summed E-state index contributed by atoms with van der Waals surface area (Å²) in [5.41, 5.74) is 0.0820. The number of anilines is 1. The fraction of sp³-hybridized carbons (Fsp3) is 0.467. The molecule has 5 nitrogen and oxygen atoms in total. The number of nitrogens with one attached hydrogen (secondary N) is 1. The lowest BCUT2D eigenvalue weighted by Gasteiger charge is -2.33. The van der Waals surface area contributed by atoms with Crippen LogP contribution in [0.15, 0.2) is 18.2 Å². The summed E-state index contributed by atoms with van der Waals surface area (Å²) in [5, 5.41) is 2.51. The maximum Gasteiger partial charge on any atom is 0.319 e. The summed E-state index contributed by atoms with van der Waals surface area (Å²) in [6, 6.07) is 2.72. The molecular weight excluding hydrogens is 292 g/mol. The smallest absolute Gasteiger partial charge is 0.319 e. The molecular formula is C15H19F2N3O2. The van der Waals surface area contributed by atoms with Crippen LogP contribution in [0.2, 0.25) is 0 Å². The van der Waals surface area contributed by atoms with Gasteiger partial charge in [-0.3, -0.25) is 4.79 Å². The van der Waals surface area contributed by atoms with Gasteiger partial charge in [0.15, 0.2) is 0 Å². The zero-order valence-corrected chi connectivity index (χ0v) is 12.6. The number of carbonyl (C=O) groups excluding carboxylic acids is 2. The Labute approximate surface area is 127 Å². The van der Waals surface area contributed by atoms with Crippen LogP contribution in [-0.4, -0.2) is 48.9 Å². The lowest BCUT2D eigenvalue weighted by molar-refractivity contribution is -0.121. The largest absolute Gasteiger partial charge is 0.331 e. The minimum absolute atomic E-state index is 0.0820. The molecule has 1 aromatic carbocycles. The molecule has 22 heavy (non-hydrogen) atoms. The summed E-state index contributed by atoms with van der Waals surface area (Å²) in [7, 11) is 3.31. The van der Waals surface area contributed by atoms with E-state index in [0.29, 0.717) is 19.5 Å². The minimum Gasteiger partial charge on any atom is -0.331 e. The maximum atomic E-state index is 13.1. The second-order valence-corrected chi connectivity index (χ2v) is 5.61. The van der Waals surface area contributed by atoms with Gasteiger partial charge >= 0.3 is 6.03 Å². The predicted molar refractivity (Wildman–Crippen MR) is 78.4 cm³/mol. The van der Waals surface area contributed by atoms with Crippen LogP contribution < -0.4 is 5.32 Å². The molecule has 0 bridgehead atoms. The summed E-state index contributed by atoms with van der Waals surface area (Å²) in [6.07, 6.45) is 1.36. The Hall–Kier alpha value is -2.18. The van der Waals surface area contributed by atoms with E-state index in [0.717, 1.165) is 24.6 Å². The van der Waals surface area contributed by atoms with Gasteiger partial charge in [-0.1, -0.05) is 0 Å². The monoisotopic (exact) mass is 311 g/mol. The number of rotatable bonds is 2. The van der Waals surface area contributed by atoms with E-state index < -0.39 is 11.6 Å². The number of piperidine rings is 1. The van der Waals surface area contributed by atoms with Crippen LogP contribution in [-0.2, 0) is 4.79 Å². The van der Waals surface area contributed by atoms with Crippen molar-refractivity contribution < 1.29 is 18.4 Å². The van der Waals surface area contributed by atoms with Crippen molar-refractivity contribution in [2.24, 2.45) is 5.92 Å². The number of hydrogen-bond acceptors (Lipinski definition) is 2. The van der Waals surface area contributed by atoms with Crippen molar-refractivity contribution in [3.8, 4) is 0 Å². The Kier molecular flexibility index (Phi) is 4.95. The first-order chi connectivity index (χ1) is 10.4. The average molecular weight is 311 g/mol. The highest BCUT2D eigenvalue weighted by atomic mass is 19.1. The number of hydrogen-bond donors (Lipinski definition) is 1. The first kappa shape index (κ1) is 16.2. The molecule has 0 aromatic heterocycles. The molecule has 1 aliphatic rings. The molecule has 7 heteroatoms. The Balaban J connectivity index is 2.01. The van der Waals surface area contributed by atoms with Gasteiger partial charge in [0.1, 0.15) is 11.6 Å². The SMILES string of the molecule is CN(C)C(=O)N1CCC[C@@H](C(=O)Nc2cc(F)cc(F)c2)C1. The second-order valence-electron chi connectivity index (χ2n) is 5.61. The van der Waals surface area contributed by atoms with Gasteiger partial charge in [0.05, 0.1) is 5.92 Å². The van der Waals surface area contributed by atoms with Gasteiger partial charge in [0, 0.05) is 38.9 Å². The fourth-order valence-corrected chi connectivity index (χ4v) is 2.52. The molecule has 0 radical (unpaired) electrons. The third-order valence-electron chi connectivity index (χ3n) is 3.58. The number of amides is 3. The van der Waals surface area contributed by atoms with Gasteiger partial charge in [-0.05, 0) is 25.0 Å². The van der Waals surface area contributed by atoms with E-state index in [1.807, 2.05) is 0 Å². The van der Waals surface area contributed by atoms with E-state index >= 15 is 0 Å². The van der Waals surface area contributed by atoms with Crippen LogP contribution >= 0.6 is 0 Å². The highest BCUT2D eigenvalue weighted by Gasteiger charge is 2.29. The highest BCUT2D eigenvalue weighted by Crippen LogP contribution is 2.20. The van der Waals surface area contributed by atoms with Crippen molar-refractivity contribution in [1.82, 2.24) is 9.80 Å². The molecule has 1 saturated heterocycles. The number of likely N-dealkylation sites (tertiary alicyclic amines) is 1. The van der Waals surface area contributed by atoms with Gasteiger partial charge in [-0.15, -0.1) is 0 Å². The van der Waals surface area contributed by atoms with Crippen molar-refractivity contribution in [3.63, 3.8) is 0 Å². The van der Waals surface area contributed by atoms with E-state index in [1.54, 1.807) is 19.0 Å². The molecule has 2 rings (SSSR count). The van der Waals surface area contributed by atoms with Crippen LogP contribution in [0, 0.1) is 17.6 Å². The van der Waals surface area contributed by atoms with Crippen molar-refractivity contribution >= 4 is 17.6 Å². The summed E-state index contributed by atoms with van der Waals surface area (Å²) >= 11 is 0. The Morgan fingerprint density at radius 1 is 1.23 bits per heavy atom. The quantitative estimate of drug-likeness (QED) is 0.911. The van der Waals surface area contributed by atoms with Gasteiger partial charge in [0.2, 0.25) is 5.91 Å². The molecule has 0 saturated carbocycles. The molecule has 3 amide bonds. The van der Waals surface area contributed by atoms with E-state index in [2.05, 4.69) is 5.32 Å². The molecule has 0 aliphatic carbocycles. The first-order valence-electron chi connectivity index (χ1n) is 7.10. The number of benzene rings is 1. The van der Waals surface area contributed by atoms with E-state index in [-0.39, 0.29) is 23.5 Å². The van der Waals surface area contributed by atoms with Gasteiger partial charge in [0.25, 0.3) is 0 Å². The molecule has 120 valence electrons. The van der Waals surface area contributed by atoms with Crippen LogP contribution in [0.1, 0.15) is 12.8 Å². The Morgan fingerprint density at radius 2 is 1.86 bits per heavy atom. The van der Waals surface area contributed by atoms with E-state index in [9.17, 15) is 18.4 Å². The first-order valence-corrected chi connectivity index (χ1v) is 7.10. The number of urea groups is 1. The lowest BCUT2D eigenvalue weighted by atomic mass is 9.97. The highest BCUT2D eigenvalue weighted by molar-refractivity contribution is 5.93. The predicted octanol–water partition coefficient (Wildman–Crippen LogP) is 2.30. The molecule has 1 N–H and O–H groups in total. The molecule has 1 heterocycles. The van der Waals surface area contributed by atoms with Crippen molar-refractivity contribution in [3.05, 3.63) is 29.8 Å². The molecule has 1 aliphatic heterocycles. The average Bonchev–Trinajstić information content (AvgIpc) is 2.45. The molecule has 0 unspecified atom stereocenters. The summed E-state index contributed by atoms with van der Waals surface area (Å²) in [6.45, 7) is 0.913. The van der Waals surface area contributed by atoms with E-state index in [4.69, 9.17) is 0 Å². The summed E-state index contributed by atoms with van der Waals surface area (Å²) in [5.74, 6) is -2.21. The zero-order valence-electron chi connectivity index (χ0n) is 12.6. The number of halogens is 2.